The molecule has 0 heterocycles. The molecule has 0 aromatic heterocycles. The Morgan fingerprint density at radius 2 is 1.76 bits per heavy atom. The van der Waals surface area contributed by atoms with E-state index >= 15 is 0 Å². The van der Waals surface area contributed by atoms with Gasteiger partial charge in [-0.1, -0.05) is 38.1 Å². The number of hydrogen-bond donors (Lipinski definition) is 0. The Hall–Kier alpha value is -0.133. The number of carbonyl (C=O) groups is 1. The normalized spacial score (nSPS) is 7.41. The fourth-order valence-electron chi connectivity index (χ4n) is 0.714. The molecule has 0 unspecified atom stereocenters. The zero-order chi connectivity index (χ0) is 13.0. The van der Waals surface area contributed by atoms with Crippen molar-refractivity contribution in [3.05, 3.63) is 42.5 Å². The summed E-state index contributed by atoms with van der Waals surface area (Å²) >= 11 is 0. The first-order valence-electron chi connectivity index (χ1n) is 5.33. The third-order valence-corrected chi connectivity index (χ3v) is 1.25. The molecule has 0 radical (unpaired) electrons. The summed E-state index contributed by atoms with van der Waals surface area (Å²) in [6, 6.07) is 6.58. The van der Waals surface area contributed by atoms with Crippen LogP contribution in [0.4, 0.5) is 5.69 Å². The zero-order valence-electron chi connectivity index (χ0n) is 11.4. The van der Waals surface area contributed by atoms with Crippen LogP contribution < -0.4 is 0 Å². The monoisotopic (exact) mass is 578 g/mol. The average molecular weight is 578 g/mol. The van der Waals surface area contributed by atoms with Crippen molar-refractivity contribution < 1.29 is 53.0 Å². The minimum absolute atomic E-state index is 0. The minimum Gasteiger partial charge on any atom is -0.699 e. The number of carbonyl (C=O) groups excluding carboxylic acids is 1. The van der Waals surface area contributed by atoms with Crippen LogP contribution in [0.1, 0.15) is 27.7 Å². The summed E-state index contributed by atoms with van der Waals surface area (Å²) in [6.07, 6.45) is -1.04. The number of hydrogen-bond acceptors (Lipinski definition) is 2. The van der Waals surface area contributed by atoms with E-state index in [1.807, 2.05) is 13.8 Å². The zero-order valence-corrected chi connectivity index (χ0v) is 16.2. The molecule has 1 aromatic carbocycles. The largest absolute Gasteiger partial charge is 2.00 e. The molecule has 0 aliphatic heterocycles. The molecular formula is C12H19NO2W2. The molecule has 0 spiro atoms. The van der Waals surface area contributed by atoms with Crippen LogP contribution in [0, 0.1) is 6.92 Å². The van der Waals surface area contributed by atoms with Crippen molar-refractivity contribution >= 4 is 12.1 Å². The van der Waals surface area contributed by atoms with Crippen LogP contribution >= 0.6 is 0 Å². The molecule has 0 amide bonds. The van der Waals surface area contributed by atoms with E-state index in [-0.39, 0.29) is 48.7 Å². The predicted molar refractivity (Wildman–Crippen MR) is 63.7 cm³/mol. The van der Waals surface area contributed by atoms with Gasteiger partial charge in [0.1, 0.15) is 6.61 Å². The van der Waals surface area contributed by atoms with Gasteiger partial charge < -0.3 is 17.4 Å². The molecule has 17 heavy (non-hydrogen) atoms. The smallest absolute Gasteiger partial charge is 0.699 e. The van der Waals surface area contributed by atoms with Crippen molar-refractivity contribution in [2.75, 3.05) is 0 Å². The Bertz CT molecular complexity index is 282. The van der Waals surface area contributed by atoms with Gasteiger partial charge in [-0.05, 0) is 5.56 Å². The maximum atomic E-state index is 10.1. The van der Waals surface area contributed by atoms with Gasteiger partial charge in [0, 0.05) is 21.1 Å². The fourth-order valence-corrected chi connectivity index (χ4v) is 0.714. The van der Waals surface area contributed by atoms with Crippen LogP contribution in [0.5, 0.6) is 0 Å². The fraction of sp³-hybridized carbons (Fsp3) is 0.333. The minimum atomic E-state index is -1.04. The third-order valence-electron chi connectivity index (χ3n) is 1.25. The quantitative estimate of drug-likeness (QED) is 0.396. The Morgan fingerprint density at radius 1 is 1.35 bits per heavy atom. The summed E-state index contributed by atoms with van der Waals surface area (Å²) in [4.78, 5) is 10.1. The van der Waals surface area contributed by atoms with Crippen molar-refractivity contribution in [2.45, 2.75) is 27.4 Å². The summed E-state index contributed by atoms with van der Waals surface area (Å²) in [5.74, 6) is 0. The van der Waals surface area contributed by atoms with Gasteiger partial charge >= 0.3 is 21.1 Å². The summed E-state index contributed by atoms with van der Waals surface area (Å²) in [7, 11) is 0. The van der Waals surface area contributed by atoms with E-state index in [0.29, 0.717) is 5.69 Å². The molecule has 1 N–H and O–H groups in total. The van der Waals surface area contributed by atoms with Gasteiger partial charge in [0.2, 0.25) is 0 Å². The van der Waals surface area contributed by atoms with E-state index in [0.717, 1.165) is 5.56 Å². The van der Waals surface area contributed by atoms with Crippen molar-refractivity contribution in [3.8, 4) is 0 Å². The maximum Gasteiger partial charge on any atom is 2.00 e. The first kappa shape index (κ1) is 22.1. The van der Waals surface area contributed by atoms with E-state index in [9.17, 15) is 4.79 Å². The standard InChI is InChI=1S/C8H8NO2.C2H6.C2H5.2W/c9-8-3-1-7(2-4-8)5-11-6-10;2*1-2;;/h1-4,6,9H,5H2;1-2H3;1H2,2H3;;/q-1;;-1;;+2/i6D;;;;. The van der Waals surface area contributed by atoms with Gasteiger partial charge in [0.15, 0.2) is 1.37 Å². The second kappa shape index (κ2) is 21.2. The van der Waals surface area contributed by atoms with Crippen LogP contribution in [0.2, 0.25) is 0 Å². The Balaban J connectivity index is -0.000000149. The summed E-state index contributed by atoms with van der Waals surface area (Å²) in [6.45, 7) is 9.10. The molecule has 1 aromatic rings. The topological polar surface area (TPSA) is 50.1 Å². The van der Waals surface area contributed by atoms with Crippen molar-refractivity contribution in [1.82, 2.24) is 0 Å². The number of nitrogens with one attached hydrogen (secondary N) is 1. The molecule has 0 aliphatic carbocycles. The van der Waals surface area contributed by atoms with Gasteiger partial charge in [-0.2, -0.15) is 6.92 Å². The molecule has 5 heteroatoms. The molecular weight excluding hydrogens is 558 g/mol. The number of benzene rings is 1. The summed E-state index contributed by atoms with van der Waals surface area (Å²) in [5.41, 5.74) is 8.36. The SMILES string of the molecule is CC.[2H]C(=O)OCc1ccc([NH-])cc1.[CH2-]C.[W+2].[W]. The van der Waals surface area contributed by atoms with E-state index < -0.39 is 6.45 Å². The molecule has 0 aliphatic rings. The summed E-state index contributed by atoms with van der Waals surface area (Å²) in [5, 5.41) is 0. The molecule has 0 saturated heterocycles. The summed E-state index contributed by atoms with van der Waals surface area (Å²) < 4.78 is 10.9. The number of rotatable bonds is 2. The van der Waals surface area contributed by atoms with Crippen molar-refractivity contribution in [3.63, 3.8) is 0 Å². The molecule has 0 fully saturated rings. The first-order chi connectivity index (χ1) is 7.68. The molecule has 0 atom stereocenters. The second-order valence-electron chi connectivity index (χ2n) is 2.07. The molecule has 0 saturated carbocycles. The van der Waals surface area contributed by atoms with Gasteiger partial charge in [0.05, 0.1) is 0 Å². The Morgan fingerprint density at radius 3 is 2.12 bits per heavy atom. The Labute approximate surface area is 134 Å². The van der Waals surface area contributed by atoms with Gasteiger partial charge in [-0.15, -0.1) is 5.69 Å². The van der Waals surface area contributed by atoms with Crippen molar-refractivity contribution in [2.24, 2.45) is 0 Å². The predicted octanol–water partition coefficient (Wildman–Crippen LogP) is 3.90. The van der Waals surface area contributed by atoms with E-state index in [4.69, 9.17) is 7.10 Å². The third kappa shape index (κ3) is 15.9. The van der Waals surface area contributed by atoms with Crippen LogP contribution in [0.15, 0.2) is 24.3 Å². The number of ether oxygens (including phenoxy) is 1. The molecule has 1 rings (SSSR count). The van der Waals surface area contributed by atoms with E-state index in [1.165, 1.54) is 0 Å². The van der Waals surface area contributed by atoms with Gasteiger partial charge in [-0.3, -0.25) is 4.79 Å². The molecule has 3 nitrogen and oxygen atoms in total. The van der Waals surface area contributed by atoms with Crippen molar-refractivity contribution in [1.29, 1.82) is 0 Å². The van der Waals surface area contributed by atoms with Crippen LogP contribution in [0.3, 0.4) is 0 Å². The second-order valence-corrected chi connectivity index (χ2v) is 2.07. The van der Waals surface area contributed by atoms with Crippen LogP contribution in [-0.2, 0) is 58.3 Å². The van der Waals surface area contributed by atoms with Crippen LogP contribution in [-0.4, -0.2) is 6.45 Å². The molecule has 96 valence electrons. The first-order valence-corrected chi connectivity index (χ1v) is 4.83. The van der Waals surface area contributed by atoms with E-state index in [2.05, 4.69) is 11.7 Å². The van der Waals surface area contributed by atoms with Crippen LogP contribution in [0.25, 0.3) is 5.73 Å². The van der Waals surface area contributed by atoms with Gasteiger partial charge in [-0.25, -0.2) is 0 Å². The maximum absolute atomic E-state index is 10.1. The average Bonchev–Trinajstić information content (AvgIpc) is 2.33. The van der Waals surface area contributed by atoms with E-state index in [1.54, 1.807) is 31.2 Å². The molecule has 0 bridgehead atoms. The Kier molecular flexibility index (Phi) is 27.5. The van der Waals surface area contributed by atoms with Gasteiger partial charge in [0.25, 0.3) is 6.45 Å².